The van der Waals surface area contributed by atoms with Crippen LogP contribution in [0.3, 0.4) is 0 Å². The lowest BCUT2D eigenvalue weighted by molar-refractivity contribution is -0.139. The number of methoxy groups -OCH3 is 1. The number of carbonyl (C=O) groups excluding carboxylic acids is 1. The van der Waals surface area contributed by atoms with Gasteiger partial charge in [0.15, 0.2) is 0 Å². The van der Waals surface area contributed by atoms with Gasteiger partial charge in [-0.15, -0.1) is 0 Å². The average molecular weight is 287 g/mol. The molecule has 0 N–H and O–H groups in total. The Hall–Kier alpha value is -1.03. The summed E-state index contributed by atoms with van der Waals surface area (Å²) in [4.78, 5) is 11.1. The van der Waals surface area contributed by atoms with Crippen molar-refractivity contribution in [2.45, 2.75) is 12.8 Å². The zero-order valence-electron chi connectivity index (χ0n) is 9.24. The predicted octanol–water partition coefficient (Wildman–Crippen LogP) is 2.73. The molecule has 0 radical (unpaired) electrons. The van der Waals surface area contributed by atoms with Gasteiger partial charge in [0.05, 0.1) is 20.1 Å². The van der Waals surface area contributed by atoms with Crippen LogP contribution in [0.1, 0.15) is 12.8 Å². The van der Waals surface area contributed by atoms with Crippen LogP contribution in [0.15, 0.2) is 35.6 Å². The van der Waals surface area contributed by atoms with E-state index in [1.54, 1.807) is 0 Å². The van der Waals surface area contributed by atoms with Crippen molar-refractivity contribution in [3.63, 3.8) is 0 Å². The molecule has 4 heteroatoms. The Labute approximate surface area is 104 Å². The lowest BCUT2D eigenvalue weighted by Crippen LogP contribution is -2.01. The molecule has 1 aliphatic rings. The summed E-state index contributed by atoms with van der Waals surface area (Å²) >= 11 is 3.30. The number of halogens is 1. The smallest absolute Gasteiger partial charge is 0.309 e. The average Bonchev–Trinajstić information content (AvgIpc) is 2.51. The van der Waals surface area contributed by atoms with E-state index in [2.05, 4.69) is 20.7 Å². The van der Waals surface area contributed by atoms with Crippen LogP contribution < -0.4 is 0 Å². The van der Waals surface area contributed by atoms with Gasteiger partial charge in [-0.05, 0) is 24.1 Å². The number of rotatable bonds is 5. The summed E-state index contributed by atoms with van der Waals surface area (Å²) in [5.74, 6) is 0.570. The molecule has 0 amide bonds. The number of hydrogen-bond donors (Lipinski definition) is 0. The third-order valence-corrected chi connectivity index (χ3v) is 2.36. The SMILES string of the molecule is COC(=O)CC1=CC(OCCBr)=CCC=C1. The van der Waals surface area contributed by atoms with Crippen LogP contribution >= 0.6 is 15.9 Å². The molecular formula is C12H15BrO3. The lowest BCUT2D eigenvalue weighted by atomic mass is 10.1. The molecule has 0 atom stereocenters. The van der Waals surface area contributed by atoms with Gasteiger partial charge >= 0.3 is 5.97 Å². The molecule has 0 heterocycles. The molecule has 0 unspecified atom stereocenters. The summed E-state index contributed by atoms with van der Waals surface area (Å²) in [5, 5.41) is 0.790. The maximum Gasteiger partial charge on any atom is 0.309 e. The summed E-state index contributed by atoms with van der Waals surface area (Å²) in [5.41, 5.74) is 0.908. The molecule has 0 aliphatic heterocycles. The van der Waals surface area contributed by atoms with Crippen molar-refractivity contribution in [3.05, 3.63) is 35.6 Å². The number of ether oxygens (including phenoxy) is 2. The molecule has 0 aromatic carbocycles. The van der Waals surface area contributed by atoms with Crippen LogP contribution in [0, 0.1) is 0 Å². The molecule has 0 fully saturated rings. The van der Waals surface area contributed by atoms with Crippen molar-refractivity contribution in [2.75, 3.05) is 19.0 Å². The Kier molecular flexibility index (Phi) is 5.93. The maximum atomic E-state index is 11.1. The summed E-state index contributed by atoms with van der Waals surface area (Å²) in [7, 11) is 1.39. The van der Waals surface area contributed by atoms with Crippen LogP contribution in [0.5, 0.6) is 0 Å². The fraction of sp³-hybridized carbons (Fsp3) is 0.417. The van der Waals surface area contributed by atoms with Crippen molar-refractivity contribution in [1.82, 2.24) is 0 Å². The lowest BCUT2D eigenvalue weighted by Gasteiger charge is -2.05. The van der Waals surface area contributed by atoms with E-state index in [-0.39, 0.29) is 12.4 Å². The monoisotopic (exact) mass is 286 g/mol. The van der Waals surface area contributed by atoms with Gasteiger partial charge in [-0.25, -0.2) is 0 Å². The third kappa shape index (κ3) is 4.66. The summed E-state index contributed by atoms with van der Waals surface area (Å²) < 4.78 is 10.1. The summed E-state index contributed by atoms with van der Waals surface area (Å²) in [6.45, 7) is 0.619. The maximum absolute atomic E-state index is 11.1. The molecule has 0 aromatic heterocycles. The number of hydrogen-bond acceptors (Lipinski definition) is 3. The first kappa shape index (κ1) is 13.0. The molecule has 16 heavy (non-hydrogen) atoms. The molecule has 0 spiro atoms. The number of allylic oxidation sites excluding steroid dienone is 4. The van der Waals surface area contributed by atoms with Gasteiger partial charge in [-0.2, -0.15) is 0 Å². The van der Waals surface area contributed by atoms with E-state index in [1.807, 2.05) is 24.3 Å². The van der Waals surface area contributed by atoms with E-state index in [1.165, 1.54) is 7.11 Å². The quantitative estimate of drug-likeness (QED) is 0.576. The first-order chi connectivity index (χ1) is 7.76. The first-order valence-corrected chi connectivity index (χ1v) is 6.21. The van der Waals surface area contributed by atoms with Crippen molar-refractivity contribution in [3.8, 4) is 0 Å². The topological polar surface area (TPSA) is 35.5 Å². The zero-order valence-corrected chi connectivity index (χ0v) is 10.8. The predicted molar refractivity (Wildman–Crippen MR) is 66.3 cm³/mol. The molecule has 88 valence electrons. The Morgan fingerprint density at radius 3 is 3.06 bits per heavy atom. The van der Waals surface area contributed by atoms with E-state index in [4.69, 9.17) is 4.74 Å². The van der Waals surface area contributed by atoms with Gasteiger partial charge < -0.3 is 9.47 Å². The standard InChI is InChI=1S/C12H15BrO3/c1-15-12(14)9-10-4-2-3-5-11(8-10)16-7-6-13/h2,4-5,8H,3,6-7,9H2,1H3. The molecular weight excluding hydrogens is 272 g/mol. The van der Waals surface area contributed by atoms with E-state index < -0.39 is 0 Å². The van der Waals surface area contributed by atoms with E-state index in [9.17, 15) is 4.79 Å². The van der Waals surface area contributed by atoms with Crippen LogP contribution in [0.4, 0.5) is 0 Å². The largest absolute Gasteiger partial charge is 0.493 e. The van der Waals surface area contributed by atoms with Gasteiger partial charge in [0, 0.05) is 5.33 Å². The summed E-state index contributed by atoms with van der Waals surface area (Å²) in [6, 6.07) is 0. The third-order valence-electron chi connectivity index (χ3n) is 2.04. The second-order valence-corrected chi connectivity index (χ2v) is 4.05. The highest BCUT2D eigenvalue weighted by atomic mass is 79.9. The Morgan fingerprint density at radius 1 is 1.56 bits per heavy atom. The molecule has 0 aromatic rings. The van der Waals surface area contributed by atoms with Gasteiger partial charge in [0.1, 0.15) is 5.76 Å². The van der Waals surface area contributed by atoms with Gasteiger partial charge in [-0.1, -0.05) is 28.1 Å². The van der Waals surface area contributed by atoms with Crippen LogP contribution in [0.25, 0.3) is 0 Å². The van der Waals surface area contributed by atoms with Crippen LogP contribution in [-0.4, -0.2) is 25.0 Å². The zero-order chi connectivity index (χ0) is 11.8. The van der Waals surface area contributed by atoms with Crippen LogP contribution in [-0.2, 0) is 14.3 Å². The second-order valence-electron chi connectivity index (χ2n) is 3.25. The highest BCUT2D eigenvalue weighted by Crippen LogP contribution is 2.15. The Bertz CT molecular complexity index is 329. The van der Waals surface area contributed by atoms with Gasteiger partial charge in [-0.3, -0.25) is 4.79 Å². The highest BCUT2D eigenvalue weighted by Gasteiger charge is 2.06. The number of esters is 1. The van der Waals surface area contributed by atoms with Crippen molar-refractivity contribution in [2.24, 2.45) is 0 Å². The van der Waals surface area contributed by atoms with Crippen LogP contribution in [0.2, 0.25) is 0 Å². The van der Waals surface area contributed by atoms with Crippen molar-refractivity contribution < 1.29 is 14.3 Å². The van der Waals surface area contributed by atoms with E-state index >= 15 is 0 Å². The van der Waals surface area contributed by atoms with Gasteiger partial charge in [0.2, 0.25) is 0 Å². The first-order valence-electron chi connectivity index (χ1n) is 5.09. The fourth-order valence-corrected chi connectivity index (χ4v) is 1.46. The summed E-state index contributed by atoms with van der Waals surface area (Å²) in [6.07, 6.45) is 8.89. The molecule has 0 saturated carbocycles. The molecule has 3 nitrogen and oxygen atoms in total. The normalized spacial score (nSPS) is 14.9. The molecule has 1 rings (SSSR count). The van der Waals surface area contributed by atoms with Crippen molar-refractivity contribution in [1.29, 1.82) is 0 Å². The minimum Gasteiger partial charge on any atom is -0.493 e. The Morgan fingerprint density at radius 2 is 2.38 bits per heavy atom. The molecule has 0 saturated heterocycles. The Balaban J connectivity index is 2.63. The highest BCUT2D eigenvalue weighted by molar-refractivity contribution is 9.09. The van der Waals surface area contributed by atoms with Gasteiger partial charge in [0.25, 0.3) is 0 Å². The van der Waals surface area contributed by atoms with E-state index in [0.29, 0.717) is 6.61 Å². The minimum atomic E-state index is -0.238. The van der Waals surface area contributed by atoms with Crippen molar-refractivity contribution >= 4 is 21.9 Å². The number of alkyl halides is 1. The number of carbonyl (C=O) groups is 1. The molecule has 1 aliphatic carbocycles. The molecule has 0 bridgehead atoms. The van der Waals surface area contributed by atoms with E-state index in [0.717, 1.165) is 23.1 Å². The fourth-order valence-electron chi connectivity index (χ4n) is 1.30. The second kappa shape index (κ2) is 7.28. The minimum absolute atomic E-state index is 0.238.